The van der Waals surface area contributed by atoms with E-state index in [1.54, 1.807) is 37.1 Å². The molecule has 2 heterocycles. The fourth-order valence-corrected chi connectivity index (χ4v) is 2.69. The van der Waals surface area contributed by atoms with Gasteiger partial charge in [0.1, 0.15) is 0 Å². The minimum atomic E-state index is -0.0935. The third-order valence-corrected chi connectivity index (χ3v) is 3.78. The van der Waals surface area contributed by atoms with Gasteiger partial charge in [-0.1, -0.05) is 0 Å². The van der Waals surface area contributed by atoms with Crippen molar-refractivity contribution in [2.24, 2.45) is 0 Å². The van der Waals surface area contributed by atoms with Crippen molar-refractivity contribution in [2.75, 3.05) is 34.0 Å². The van der Waals surface area contributed by atoms with Gasteiger partial charge < -0.3 is 23.5 Å². The SMILES string of the molecule is COc1ccc2c(=O)n(C[C@H]3COCCO3)ccc2c1OC. The van der Waals surface area contributed by atoms with Gasteiger partial charge in [-0.2, -0.15) is 0 Å². The third-order valence-electron chi connectivity index (χ3n) is 3.78. The largest absolute Gasteiger partial charge is 0.493 e. The lowest BCUT2D eigenvalue weighted by atomic mass is 10.1. The van der Waals surface area contributed by atoms with Crippen LogP contribution < -0.4 is 15.0 Å². The highest BCUT2D eigenvalue weighted by Gasteiger charge is 2.17. The molecule has 1 aliphatic rings. The van der Waals surface area contributed by atoms with E-state index in [2.05, 4.69) is 0 Å². The second-order valence-electron chi connectivity index (χ2n) is 5.10. The van der Waals surface area contributed by atoms with Crippen LogP contribution in [0.1, 0.15) is 0 Å². The predicted octanol–water partition coefficient (Wildman–Crippen LogP) is 1.43. The van der Waals surface area contributed by atoms with Crippen LogP contribution >= 0.6 is 0 Å². The summed E-state index contributed by atoms with van der Waals surface area (Å²) < 4.78 is 23.3. The van der Waals surface area contributed by atoms with Crippen LogP contribution in [0.5, 0.6) is 11.5 Å². The zero-order chi connectivity index (χ0) is 15.5. The van der Waals surface area contributed by atoms with Crippen molar-refractivity contribution in [1.82, 2.24) is 4.57 Å². The minimum Gasteiger partial charge on any atom is -0.493 e. The lowest BCUT2D eigenvalue weighted by Crippen LogP contribution is -2.35. The Hall–Kier alpha value is -2.05. The number of hydrogen-bond acceptors (Lipinski definition) is 5. The number of benzene rings is 1. The molecule has 2 aromatic rings. The average molecular weight is 305 g/mol. The summed E-state index contributed by atoms with van der Waals surface area (Å²) in [5, 5.41) is 1.33. The van der Waals surface area contributed by atoms with E-state index in [0.29, 0.717) is 43.3 Å². The second kappa shape index (κ2) is 6.37. The fourth-order valence-electron chi connectivity index (χ4n) is 2.69. The maximum absolute atomic E-state index is 12.6. The summed E-state index contributed by atoms with van der Waals surface area (Å²) >= 11 is 0. The maximum Gasteiger partial charge on any atom is 0.258 e. The maximum atomic E-state index is 12.6. The van der Waals surface area contributed by atoms with Crippen LogP contribution in [0.4, 0.5) is 0 Å². The standard InChI is InChI=1S/C16H19NO5/c1-19-14-4-3-13-12(15(14)20-2)5-6-17(16(13)18)9-11-10-21-7-8-22-11/h3-6,11H,7-10H2,1-2H3/t11-/m0/s1. The van der Waals surface area contributed by atoms with E-state index in [1.165, 1.54) is 0 Å². The molecule has 0 radical (unpaired) electrons. The molecule has 0 N–H and O–H groups in total. The van der Waals surface area contributed by atoms with E-state index in [0.717, 1.165) is 5.39 Å². The Morgan fingerprint density at radius 1 is 1.18 bits per heavy atom. The first-order chi connectivity index (χ1) is 10.7. The van der Waals surface area contributed by atoms with E-state index < -0.39 is 0 Å². The quantitative estimate of drug-likeness (QED) is 0.855. The third kappa shape index (κ3) is 2.67. The average Bonchev–Trinajstić information content (AvgIpc) is 2.57. The first-order valence-electron chi connectivity index (χ1n) is 7.18. The highest BCUT2D eigenvalue weighted by Crippen LogP contribution is 2.33. The molecule has 3 rings (SSSR count). The molecule has 0 aliphatic carbocycles. The van der Waals surface area contributed by atoms with Crippen LogP contribution in [0.25, 0.3) is 10.8 Å². The molecule has 1 saturated heterocycles. The normalized spacial score (nSPS) is 18.4. The first kappa shape index (κ1) is 14.9. The zero-order valence-electron chi connectivity index (χ0n) is 12.7. The van der Waals surface area contributed by atoms with Gasteiger partial charge in [0.05, 0.1) is 52.1 Å². The van der Waals surface area contributed by atoms with Gasteiger partial charge in [0, 0.05) is 11.6 Å². The Kier molecular flexibility index (Phi) is 4.31. The number of nitrogens with zero attached hydrogens (tertiary/aromatic N) is 1. The molecule has 0 unspecified atom stereocenters. The van der Waals surface area contributed by atoms with Crippen LogP contribution in [0.3, 0.4) is 0 Å². The van der Waals surface area contributed by atoms with Crippen molar-refractivity contribution in [1.29, 1.82) is 0 Å². The first-order valence-corrected chi connectivity index (χ1v) is 7.18. The lowest BCUT2D eigenvalue weighted by molar-refractivity contribution is -0.0938. The minimum absolute atomic E-state index is 0.0763. The Labute approximate surface area is 128 Å². The molecule has 1 aliphatic heterocycles. The van der Waals surface area contributed by atoms with Gasteiger partial charge in [0.25, 0.3) is 5.56 Å². The molecular weight excluding hydrogens is 286 g/mol. The van der Waals surface area contributed by atoms with Gasteiger partial charge in [-0.25, -0.2) is 0 Å². The Morgan fingerprint density at radius 3 is 2.73 bits per heavy atom. The fraction of sp³-hybridized carbons (Fsp3) is 0.438. The molecule has 0 spiro atoms. The summed E-state index contributed by atoms with van der Waals surface area (Å²) in [5.74, 6) is 1.18. The van der Waals surface area contributed by atoms with E-state index in [1.807, 2.05) is 6.07 Å². The topological polar surface area (TPSA) is 58.9 Å². The van der Waals surface area contributed by atoms with Crippen LogP contribution in [0.15, 0.2) is 29.2 Å². The van der Waals surface area contributed by atoms with Crippen molar-refractivity contribution in [3.8, 4) is 11.5 Å². The van der Waals surface area contributed by atoms with Crippen LogP contribution in [0.2, 0.25) is 0 Å². The van der Waals surface area contributed by atoms with Crippen molar-refractivity contribution < 1.29 is 18.9 Å². The Balaban J connectivity index is 2.00. The summed E-state index contributed by atoms with van der Waals surface area (Å²) in [5.41, 5.74) is -0.0763. The molecule has 0 amide bonds. The zero-order valence-corrected chi connectivity index (χ0v) is 12.7. The molecule has 1 fully saturated rings. The molecule has 1 aromatic heterocycles. The van der Waals surface area contributed by atoms with Crippen molar-refractivity contribution in [3.63, 3.8) is 0 Å². The summed E-state index contributed by atoms with van der Waals surface area (Å²) in [6.45, 7) is 2.16. The molecule has 6 nitrogen and oxygen atoms in total. The number of rotatable bonds is 4. The molecule has 0 bridgehead atoms. The van der Waals surface area contributed by atoms with Gasteiger partial charge in [-0.15, -0.1) is 0 Å². The Bertz CT molecular complexity index is 718. The molecule has 1 aromatic carbocycles. The monoisotopic (exact) mass is 305 g/mol. The van der Waals surface area contributed by atoms with E-state index in [4.69, 9.17) is 18.9 Å². The smallest absolute Gasteiger partial charge is 0.258 e. The number of ether oxygens (including phenoxy) is 4. The Morgan fingerprint density at radius 2 is 2.05 bits per heavy atom. The molecular formula is C16H19NO5. The number of fused-ring (bicyclic) bond motifs is 1. The second-order valence-corrected chi connectivity index (χ2v) is 5.10. The summed E-state index contributed by atoms with van der Waals surface area (Å²) in [4.78, 5) is 12.6. The van der Waals surface area contributed by atoms with Gasteiger partial charge in [0.2, 0.25) is 0 Å². The van der Waals surface area contributed by atoms with Crippen molar-refractivity contribution >= 4 is 10.8 Å². The highest BCUT2D eigenvalue weighted by atomic mass is 16.6. The molecule has 118 valence electrons. The number of methoxy groups -OCH3 is 2. The lowest BCUT2D eigenvalue weighted by Gasteiger charge is -2.23. The van der Waals surface area contributed by atoms with Gasteiger partial charge in [-0.3, -0.25) is 4.79 Å². The number of pyridine rings is 1. The summed E-state index contributed by atoms with van der Waals surface area (Å²) in [6, 6.07) is 5.36. The van der Waals surface area contributed by atoms with Crippen LogP contribution in [-0.4, -0.2) is 44.7 Å². The van der Waals surface area contributed by atoms with Gasteiger partial charge in [0.15, 0.2) is 11.5 Å². The van der Waals surface area contributed by atoms with Crippen LogP contribution in [-0.2, 0) is 16.0 Å². The summed E-state index contributed by atoms with van der Waals surface area (Å²) in [7, 11) is 3.14. The van der Waals surface area contributed by atoms with E-state index in [-0.39, 0.29) is 11.7 Å². The molecule has 22 heavy (non-hydrogen) atoms. The molecule has 0 saturated carbocycles. The van der Waals surface area contributed by atoms with E-state index in [9.17, 15) is 4.79 Å². The van der Waals surface area contributed by atoms with Crippen LogP contribution in [0, 0.1) is 0 Å². The summed E-state index contributed by atoms with van der Waals surface area (Å²) in [6.07, 6.45) is 1.66. The van der Waals surface area contributed by atoms with Gasteiger partial charge in [-0.05, 0) is 18.2 Å². The number of hydrogen-bond donors (Lipinski definition) is 0. The highest BCUT2D eigenvalue weighted by molar-refractivity contribution is 5.90. The van der Waals surface area contributed by atoms with Crippen molar-refractivity contribution in [2.45, 2.75) is 12.6 Å². The van der Waals surface area contributed by atoms with Gasteiger partial charge >= 0.3 is 0 Å². The molecule has 6 heteroatoms. The molecule has 1 atom stereocenters. The number of aromatic nitrogens is 1. The van der Waals surface area contributed by atoms with Crippen molar-refractivity contribution in [3.05, 3.63) is 34.7 Å². The predicted molar refractivity (Wildman–Crippen MR) is 81.9 cm³/mol. The van der Waals surface area contributed by atoms with E-state index >= 15 is 0 Å².